The molecule has 1 aromatic carbocycles. The number of benzene rings is 1. The highest BCUT2D eigenvalue weighted by molar-refractivity contribution is 5.76. The summed E-state index contributed by atoms with van der Waals surface area (Å²) in [6.45, 7) is 9.10. The number of hydrogen-bond donors (Lipinski definition) is 2. The number of amides is 1. The standard InChI is InChI=1S/C22H31N3O2/c1-13(2)19-9-16(14(3)8-17(19)12-23-15(4)26)10-22-24-20-7-6-18(27-5)11-21(20)25-22/h6-8,11,13,16-17,19H,9-10,12H2,1-5H3,(H,23,26)(H,24,25). The van der Waals surface area contributed by atoms with E-state index in [1.807, 2.05) is 18.2 Å². The van der Waals surface area contributed by atoms with E-state index in [-0.39, 0.29) is 5.91 Å². The molecule has 0 bridgehead atoms. The second kappa shape index (κ2) is 8.15. The maximum Gasteiger partial charge on any atom is 0.216 e. The smallest absolute Gasteiger partial charge is 0.216 e. The summed E-state index contributed by atoms with van der Waals surface area (Å²) >= 11 is 0. The molecule has 2 N–H and O–H groups in total. The third-order valence-corrected chi connectivity index (χ3v) is 5.85. The number of carbonyl (C=O) groups is 1. The predicted molar refractivity (Wildman–Crippen MR) is 109 cm³/mol. The fourth-order valence-corrected chi connectivity index (χ4v) is 4.27. The monoisotopic (exact) mass is 369 g/mol. The molecule has 1 aromatic heterocycles. The van der Waals surface area contributed by atoms with Gasteiger partial charge in [-0.15, -0.1) is 0 Å². The second-order valence-electron chi connectivity index (χ2n) is 8.12. The molecule has 27 heavy (non-hydrogen) atoms. The minimum absolute atomic E-state index is 0.0448. The number of carbonyl (C=O) groups excluding carboxylic acids is 1. The number of H-pyrrole nitrogens is 1. The van der Waals surface area contributed by atoms with Gasteiger partial charge in [0.1, 0.15) is 11.6 Å². The molecular formula is C22H31N3O2. The molecular weight excluding hydrogens is 338 g/mol. The van der Waals surface area contributed by atoms with Gasteiger partial charge in [0.05, 0.1) is 18.1 Å². The Hall–Kier alpha value is -2.30. The Labute approximate surface area is 161 Å². The van der Waals surface area contributed by atoms with Crippen LogP contribution in [0, 0.1) is 23.7 Å². The lowest BCUT2D eigenvalue weighted by molar-refractivity contribution is -0.119. The van der Waals surface area contributed by atoms with Gasteiger partial charge in [0.15, 0.2) is 0 Å². The number of ether oxygens (including phenoxy) is 1. The van der Waals surface area contributed by atoms with Crippen molar-refractivity contribution in [3.63, 3.8) is 0 Å². The third kappa shape index (κ3) is 4.52. The lowest BCUT2D eigenvalue weighted by atomic mass is 9.70. The van der Waals surface area contributed by atoms with Crippen molar-refractivity contribution >= 4 is 16.9 Å². The topological polar surface area (TPSA) is 67.0 Å². The minimum atomic E-state index is 0.0448. The summed E-state index contributed by atoms with van der Waals surface area (Å²) < 4.78 is 5.30. The van der Waals surface area contributed by atoms with Gasteiger partial charge >= 0.3 is 0 Å². The van der Waals surface area contributed by atoms with Crippen molar-refractivity contribution in [1.29, 1.82) is 0 Å². The number of aromatic amines is 1. The van der Waals surface area contributed by atoms with Crippen molar-refractivity contribution in [2.75, 3.05) is 13.7 Å². The molecule has 0 spiro atoms. The van der Waals surface area contributed by atoms with E-state index in [0.29, 0.717) is 23.7 Å². The van der Waals surface area contributed by atoms with E-state index in [1.165, 1.54) is 5.57 Å². The Kier molecular flexibility index (Phi) is 5.88. The maximum absolute atomic E-state index is 11.3. The molecule has 1 heterocycles. The molecule has 1 amide bonds. The number of allylic oxidation sites excluding steroid dienone is 1. The maximum atomic E-state index is 11.3. The Bertz CT molecular complexity index is 837. The number of fused-ring (bicyclic) bond motifs is 1. The van der Waals surface area contributed by atoms with Crippen LogP contribution in [-0.2, 0) is 11.2 Å². The summed E-state index contributed by atoms with van der Waals surface area (Å²) in [4.78, 5) is 19.6. The fraction of sp³-hybridized carbons (Fsp3) is 0.545. The van der Waals surface area contributed by atoms with Crippen LogP contribution in [0.5, 0.6) is 5.75 Å². The first-order valence-electron chi connectivity index (χ1n) is 9.82. The van der Waals surface area contributed by atoms with Crippen LogP contribution in [0.1, 0.15) is 39.9 Å². The molecule has 0 radical (unpaired) electrons. The molecule has 5 nitrogen and oxygen atoms in total. The van der Waals surface area contributed by atoms with Gasteiger partial charge in [-0.05, 0) is 49.1 Å². The van der Waals surface area contributed by atoms with E-state index in [9.17, 15) is 4.79 Å². The number of rotatable bonds is 6. The lowest BCUT2D eigenvalue weighted by Gasteiger charge is -2.37. The summed E-state index contributed by atoms with van der Waals surface area (Å²) in [6.07, 6.45) is 4.42. The Balaban J connectivity index is 1.78. The number of nitrogens with zero attached hydrogens (tertiary/aromatic N) is 1. The predicted octanol–water partition coefficient (Wildman–Crippen LogP) is 4.10. The van der Waals surface area contributed by atoms with Gasteiger partial charge in [-0.2, -0.15) is 0 Å². The molecule has 3 rings (SSSR count). The highest BCUT2D eigenvalue weighted by Gasteiger charge is 2.32. The van der Waals surface area contributed by atoms with Crippen LogP contribution in [0.2, 0.25) is 0 Å². The second-order valence-corrected chi connectivity index (χ2v) is 8.12. The van der Waals surface area contributed by atoms with Gasteiger partial charge in [0, 0.05) is 26.0 Å². The quantitative estimate of drug-likeness (QED) is 0.753. The van der Waals surface area contributed by atoms with Crippen LogP contribution < -0.4 is 10.1 Å². The van der Waals surface area contributed by atoms with Crippen LogP contribution in [0.3, 0.4) is 0 Å². The van der Waals surface area contributed by atoms with Gasteiger partial charge in [-0.3, -0.25) is 4.79 Å². The zero-order valence-corrected chi connectivity index (χ0v) is 17.0. The van der Waals surface area contributed by atoms with E-state index < -0.39 is 0 Å². The van der Waals surface area contributed by atoms with Crippen LogP contribution in [-0.4, -0.2) is 29.5 Å². The van der Waals surface area contributed by atoms with Crippen LogP contribution in [0.25, 0.3) is 11.0 Å². The zero-order valence-electron chi connectivity index (χ0n) is 17.0. The molecule has 5 heteroatoms. The Morgan fingerprint density at radius 2 is 2.19 bits per heavy atom. The first kappa shape index (κ1) is 19.5. The Morgan fingerprint density at radius 1 is 1.41 bits per heavy atom. The van der Waals surface area contributed by atoms with Gasteiger partial charge < -0.3 is 15.0 Å². The number of nitrogens with one attached hydrogen (secondary N) is 2. The molecule has 0 fully saturated rings. The number of hydrogen-bond acceptors (Lipinski definition) is 3. The number of imidazole rings is 1. The average Bonchev–Trinajstić information content (AvgIpc) is 3.02. The van der Waals surface area contributed by atoms with Crippen molar-refractivity contribution in [2.24, 2.45) is 23.7 Å². The Morgan fingerprint density at radius 3 is 2.85 bits per heavy atom. The summed E-state index contributed by atoms with van der Waals surface area (Å²) in [7, 11) is 1.68. The highest BCUT2D eigenvalue weighted by atomic mass is 16.5. The van der Waals surface area contributed by atoms with Crippen molar-refractivity contribution < 1.29 is 9.53 Å². The van der Waals surface area contributed by atoms with Gasteiger partial charge in [0.25, 0.3) is 0 Å². The third-order valence-electron chi connectivity index (χ3n) is 5.85. The SMILES string of the molecule is COc1ccc2nc(CC3CC(C(C)C)C(CNC(C)=O)C=C3C)[nH]c2c1. The first-order valence-corrected chi connectivity index (χ1v) is 9.82. The summed E-state index contributed by atoms with van der Waals surface area (Å²) in [5.74, 6) is 3.94. The molecule has 0 saturated heterocycles. The molecule has 146 valence electrons. The van der Waals surface area contributed by atoms with E-state index in [1.54, 1.807) is 14.0 Å². The highest BCUT2D eigenvalue weighted by Crippen LogP contribution is 2.38. The normalized spacial score (nSPS) is 22.7. The van der Waals surface area contributed by atoms with Crippen LogP contribution >= 0.6 is 0 Å². The van der Waals surface area contributed by atoms with Gasteiger partial charge in [-0.1, -0.05) is 25.5 Å². The first-order chi connectivity index (χ1) is 12.9. The molecule has 1 aliphatic rings. The summed E-state index contributed by atoms with van der Waals surface area (Å²) in [6, 6.07) is 5.94. The molecule has 0 aliphatic heterocycles. The minimum Gasteiger partial charge on any atom is -0.497 e. The molecule has 3 atom stereocenters. The largest absolute Gasteiger partial charge is 0.497 e. The zero-order chi connectivity index (χ0) is 19.6. The van der Waals surface area contributed by atoms with Crippen molar-refractivity contribution in [3.8, 4) is 5.75 Å². The van der Waals surface area contributed by atoms with Gasteiger partial charge in [0.2, 0.25) is 5.91 Å². The van der Waals surface area contributed by atoms with Crippen molar-refractivity contribution in [2.45, 2.75) is 40.5 Å². The molecule has 0 saturated carbocycles. The van der Waals surface area contributed by atoms with E-state index in [2.05, 4.69) is 37.1 Å². The molecule has 1 aliphatic carbocycles. The fourth-order valence-electron chi connectivity index (χ4n) is 4.27. The lowest BCUT2D eigenvalue weighted by Crippen LogP contribution is -2.36. The van der Waals surface area contributed by atoms with E-state index in [0.717, 1.165) is 42.0 Å². The van der Waals surface area contributed by atoms with E-state index >= 15 is 0 Å². The van der Waals surface area contributed by atoms with Crippen LogP contribution in [0.4, 0.5) is 0 Å². The summed E-state index contributed by atoms with van der Waals surface area (Å²) in [5.41, 5.74) is 3.40. The summed E-state index contributed by atoms with van der Waals surface area (Å²) in [5, 5.41) is 3.00. The number of aromatic nitrogens is 2. The van der Waals surface area contributed by atoms with Gasteiger partial charge in [-0.25, -0.2) is 4.98 Å². The molecule has 2 aromatic rings. The van der Waals surface area contributed by atoms with Crippen molar-refractivity contribution in [1.82, 2.24) is 15.3 Å². The van der Waals surface area contributed by atoms with E-state index in [4.69, 9.17) is 9.72 Å². The van der Waals surface area contributed by atoms with Crippen molar-refractivity contribution in [3.05, 3.63) is 35.7 Å². The average molecular weight is 370 g/mol. The number of methoxy groups -OCH3 is 1. The molecule has 3 unspecified atom stereocenters. The van der Waals surface area contributed by atoms with Crippen LogP contribution in [0.15, 0.2) is 29.8 Å².